The minimum absolute atomic E-state index is 0.332. The van der Waals surface area contributed by atoms with Gasteiger partial charge in [-0.2, -0.15) is 0 Å². The summed E-state index contributed by atoms with van der Waals surface area (Å²) in [4.78, 5) is 4.92. The summed E-state index contributed by atoms with van der Waals surface area (Å²) in [6.07, 6.45) is 0. The van der Waals surface area contributed by atoms with Crippen LogP contribution in [-0.2, 0) is 0 Å². The molecule has 0 bridgehead atoms. The van der Waals surface area contributed by atoms with E-state index in [9.17, 15) is 0 Å². The standard InChI is InChI=1S/C8H17IN2/c1-8(2,9)11-6-4-10(3)5-7-11/h4-7H2,1-3H3. The first-order valence-electron chi connectivity index (χ1n) is 4.12. The second kappa shape index (κ2) is 3.58. The molecule has 2 nitrogen and oxygen atoms in total. The molecule has 1 heterocycles. The molecule has 66 valence electrons. The number of likely N-dealkylation sites (N-methyl/N-ethyl adjacent to an activating group) is 1. The van der Waals surface area contributed by atoms with Gasteiger partial charge in [0.25, 0.3) is 0 Å². The van der Waals surface area contributed by atoms with E-state index < -0.39 is 0 Å². The Balaban J connectivity index is 2.39. The number of rotatable bonds is 1. The molecule has 0 aromatic heterocycles. The van der Waals surface area contributed by atoms with Crippen LogP contribution >= 0.6 is 22.6 Å². The van der Waals surface area contributed by atoms with E-state index in [-0.39, 0.29) is 0 Å². The third-order valence-electron chi connectivity index (χ3n) is 2.26. The first-order chi connectivity index (χ1) is 5.00. The van der Waals surface area contributed by atoms with Gasteiger partial charge in [0.15, 0.2) is 0 Å². The Kier molecular flexibility index (Phi) is 3.17. The van der Waals surface area contributed by atoms with Gasteiger partial charge in [-0.25, -0.2) is 0 Å². The van der Waals surface area contributed by atoms with E-state index in [1.807, 2.05) is 0 Å². The number of halogens is 1. The third-order valence-corrected chi connectivity index (χ3v) is 2.94. The molecule has 0 aliphatic carbocycles. The predicted molar refractivity (Wildman–Crippen MR) is 57.2 cm³/mol. The normalized spacial score (nSPS) is 24.0. The molecule has 0 atom stereocenters. The van der Waals surface area contributed by atoms with Gasteiger partial charge in [0.2, 0.25) is 0 Å². The summed E-state index contributed by atoms with van der Waals surface area (Å²) in [5.74, 6) is 0. The zero-order valence-corrected chi connectivity index (χ0v) is 9.76. The fourth-order valence-electron chi connectivity index (χ4n) is 1.34. The Labute approximate surface area is 83.1 Å². The van der Waals surface area contributed by atoms with Gasteiger partial charge in [-0.1, -0.05) is 22.6 Å². The van der Waals surface area contributed by atoms with Crippen LogP contribution in [0, 0.1) is 0 Å². The highest BCUT2D eigenvalue weighted by molar-refractivity contribution is 14.1. The van der Waals surface area contributed by atoms with Crippen molar-refractivity contribution < 1.29 is 0 Å². The summed E-state index contributed by atoms with van der Waals surface area (Å²) < 4.78 is 0.332. The Morgan fingerprint density at radius 1 is 1.09 bits per heavy atom. The van der Waals surface area contributed by atoms with Crippen LogP contribution in [0.3, 0.4) is 0 Å². The van der Waals surface area contributed by atoms with Crippen molar-refractivity contribution in [2.24, 2.45) is 0 Å². The summed E-state index contributed by atoms with van der Waals surface area (Å²) >= 11 is 2.51. The highest BCUT2D eigenvalue weighted by Gasteiger charge is 2.25. The topological polar surface area (TPSA) is 6.48 Å². The lowest BCUT2D eigenvalue weighted by Gasteiger charge is -2.39. The van der Waals surface area contributed by atoms with Gasteiger partial charge in [0.1, 0.15) is 0 Å². The van der Waals surface area contributed by atoms with E-state index >= 15 is 0 Å². The Morgan fingerprint density at radius 2 is 1.55 bits per heavy atom. The minimum atomic E-state index is 0.332. The molecule has 1 fully saturated rings. The molecule has 0 saturated carbocycles. The van der Waals surface area contributed by atoms with Crippen molar-refractivity contribution in [3.05, 3.63) is 0 Å². The Hall–Kier alpha value is 0.650. The lowest BCUT2D eigenvalue weighted by atomic mass is 10.2. The highest BCUT2D eigenvalue weighted by Crippen LogP contribution is 2.23. The number of hydrogen-bond acceptors (Lipinski definition) is 2. The lowest BCUT2D eigenvalue weighted by molar-refractivity contribution is 0.119. The third kappa shape index (κ3) is 2.87. The minimum Gasteiger partial charge on any atom is -0.304 e. The van der Waals surface area contributed by atoms with Crippen molar-refractivity contribution in [3.8, 4) is 0 Å². The van der Waals surface area contributed by atoms with Gasteiger partial charge in [0.05, 0.1) is 3.55 Å². The van der Waals surface area contributed by atoms with Crippen molar-refractivity contribution in [3.63, 3.8) is 0 Å². The predicted octanol–water partition coefficient (Wildman–Crippen LogP) is 1.40. The second-order valence-electron chi connectivity index (χ2n) is 3.70. The van der Waals surface area contributed by atoms with E-state index in [2.05, 4.69) is 53.3 Å². The van der Waals surface area contributed by atoms with Gasteiger partial charge in [-0.05, 0) is 20.9 Å². The lowest BCUT2D eigenvalue weighted by Crippen LogP contribution is -2.50. The molecule has 0 radical (unpaired) electrons. The fraction of sp³-hybridized carbons (Fsp3) is 1.00. The van der Waals surface area contributed by atoms with Gasteiger partial charge in [-0.15, -0.1) is 0 Å². The average Bonchev–Trinajstić information content (AvgIpc) is 1.86. The second-order valence-corrected chi connectivity index (χ2v) is 6.34. The maximum atomic E-state index is 2.54. The van der Waals surface area contributed by atoms with Crippen LogP contribution in [0.4, 0.5) is 0 Å². The van der Waals surface area contributed by atoms with Gasteiger partial charge in [-0.3, -0.25) is 4.90 Å². The van der Waals surface area contributed by atoms with E-state index in [0.717, 1.165) is 0 Å². The highest BCUT2D eigenvalue weighted by atomic mass is 127. The molecule has 0 aromatic rings. The molecule has 1 aliphatic heterocycles. The monoisotopic (exact) mass is 268 g/mol. The van der Waals surface area contributed by atoms with Crippen molar-refractivity contribution in [1.82, 2.24) is 9.80 Å². The molecule has 0 amide bonds. The molecule has 1 aliphatic rings. The quantitative estimate of drug-likeness (QED) is 0.403. The smallest absolute Gasteiger partial charge is 0.0674 e. The SMILES string of the molecule is CN1CCN(C(C)(C)I)CC1. The summed E-state index contributed by atoms with van der Waals surface area (Å²) in [6, 6.07) is 0. The van der Waals surface area contributed by atoms with E-state index in [4.69, 9.17) is 0 Å². The van der Waals surface area contributed by atoms with Gasteiger partial charge < -0.3 is 4.90 Å². The first kappa shape index (κ1) is 9.74. The van der Waals surface area contributed by atoms with Gasteiger partial charge >= 0.3 is 0 Å². The molecule has 0 unspecified atom stereocenters. The number of nitrogens with zero attached hydrogens (tertiary/aromatic N) is 2. The average molecular weight is 268 g/mol. The molecule has 3 heteroatoms. The summed E-state index contributed by atoms with van der Waals surface area (Å²) in [5.41, 5.74) is 0. The Morgan fingerprint density at radius 3 is 1.91 bits per heavy atom. The molecule has 0 aromatic carbocycles. The maximum absolute atomic E-state index is 2.54. The van der Waals surface area contributed by atoms with Crippen LogP contribution in [0.2, 0.25) is 0 Å². The molecule has 1 rings (SSSR count). The number of alkyl halides is 1. The van der Waals surface area contributed by atoms with E-state index in [0.29, 0.717) is 3.55 Å². The van der Waals surface area contributed by atoms with Crippen LogP contribution < -0.4 is 0 Å². The Bertz CT molecular complexity index is 123. The zero-order chi connectivity index (χ0) is 8.48. The van der Waals surface area contributed by atoms with E-state index in [1.165, 1.54) is 26.2 Å². The molecule has 0 spiro atoms. The molecule has 11 heavy (non-hydrogen) atoms. The van der Waals surface area contributed by atoms with Crippen molar-refractivity contribution in [2.45, 2.75) is 17.4 Å². The number of piperazine rings is 1. The summed E-state index contributed by atoms with van der Waals surface area (Å²) in [6.45, 7) is 9.41. The van der Waals surface area contributed by atoms with Crippen molar-refractivity contribution in [2.75, 3.05) is 33.2 Å². The van der Waals surface area contributed by atoms with Crippen LogP contribution in [0.1, 0.15) is 13.8 Å². The zero-order valence-electron chi connectivity index (χ0n) is 7.60. The fourth-order valence-corrected chi connectivity index (χ4v) is 1.82. The van der Waals surface area contributed by atoms with Crippen LogP contribution in [0.5, 0.6) is 0 Å². The van der Waals surface area contributed by atoms with Crippen LogP contribution in [0.25, 0.3) is 0 Å². The molecule has 0 N–H and O–H groups in total. The van der Waals surface area contributed by atoms with Crippen LogP contribution in [0.15, 0.2) is 0 Å². The van der Waals surface area contributed by atoms with E-state index in [1.54, 1.807) is 0 Å². The first-order valence-corrected chi connectivity index (χ1v) is 5.20. The van der Waals surface area contributed by atoms with Gasteiger partial charge in [0, 0.05) is 26.2 Å². The maximum Gasteiger partial charge on any atom is 0.0674 e. The largest absolute Gasteiger partial charge is 0.304 e. The molecular formula is C8H17IN2. The molecular weight excluding hydrogens is 251 g/mol. The summed E-state index contributed by atoms with van der Waals surface area (Å²) in [5, 5.41) is 0. The van der Waals surface area contributed by atoms with Crippen molar-refractivity contribution in [1.29, 1.82) is 0 Å². The van der Waals surface area contributed by atoms with Crippen LogP contribution in [-0.4, -0.2) is 46.6 Å². The molecule has 1 saturated heterocycles. The summed E-state index contributed by atoms with van der Waals surface area (Å²) in [7, 11) is 2.19. The van der Waals surface area contributed by atoms with Crippen molar-refractivity contribution >= 4 is 22.6 Å². The number of hydrogen-bond donors (Lipinski definition) is 0.